The smallest absolute Gasteiger partial charge is 0.307 e. The number of nitrogens with zero attached hydrogens (tertiary/aromatic N) is 2. The maximum atomic E-state index is 10.9. The first-order chi connectivity index (χ1) is 9.85. The summed E-state index contributed by atoms with van der Waals surface area (Å²) in [4.78, 5) is 19.8. The van der Waals surface area contributed by atoms with Crippen molar-refractivity contribution in [1.29, 1.82) is 0 Å². The van der Waals surface area contributed by atoms with Crippen LogP contribution in [0.4, 0.5) is 0 Å². The van der Waals surface area contributed by atoms with Crippen LogP contribution in [0.3, 0.4) is 0 Å². The lowest BCUT2D eigenvalue weighted by Crippen LogP contribution is -2.10. The van der Waals surface area contributed by atoms with Gasteiger partial charge in [-0.3, -0.25) is 4.79 Å². The first-order valence-electron chi connectivity index (χ1n) is 6.97. The quantitative estimate of drug-likeness (QED) is 0.937. The molecule has 0 bridgehead atoms. The van der Waals surface area contributed by atoms with E-state index in [-0.39, 0.29) is 6.42 Å². The van der Waals surface area contributed by atoms with Crippen LogP contribution in [0.1, 0.15) is 39.5 Å². The van der Waals surface area contributed by atoms with Crippen LogP contribution in [0.25, 0.3) is 0 Å². The first-order valence-corrected chi connectivity index (χ1v) is 6.97. The summed E-state index contributed by atoms with van der Waals surface area (Å²) in [7, 11) is 0. The fraction of sp³-hybridized carbons (Fsp3) is 0.353. The molecule has 0 fully saturated rings. The van der Waals surface area contributed by atoms with Crippen molar-refractivity contribution in [3.63, 3.8) is 0 Å². The Morgan fingerprint density at radius 1 is 1.00 bits per heavy atom. The average Bonchev–Trinajstić information content (AvgIpc) is 2.32. The van der Waals surface area contributed by atoms with Crippen LogP contribution in [0.15, 0.2) is 18.2 Å². The number of carboxylic acids is 1. The molecule has 1 heterocycles. The Hall–Kier alpha value is -2.23. The van der Waals surface area contributed by atoms with E-state index in [1.807, 2.05) is 13.8 Å². The van der Waals surface area contributed by atoms with Crippen LogP contribution in [0, 0.1) is 27.7 Å². The first kappa shape index (κ1) is 15.2. The molecule has 0 amide bonds. The highest BCUT2D eigenvalue weighted by molar-refractivity contribution is 5.70. The SMILES string of the molecule is Cc1cc(C)cc(Cc2nc(C)c(CC(=O)O)c(C)n2)c1. The third-order valence-electron chi connectivity index (χ3n) is 3.44. The second kappa shape index (κ2) is 6.04. The van der Waals surface area contributed by atoms with Crippen LogP contribution < -0.4 is 0 Å². The third-order valence-corrected chi connectivity index (χ3v) is 3.44. The molecule has 4 nitrogen and oxygen atoms in total. The Kier molecular flexibility index (Phi) is 4.36. The topological polar surface area (TPSA) is 63.1 Å². The minimum atomic E-state index is -0.855. The molecular formula is C17H20N2O2. The average molecular weight is 284 g/mol. The van der Waals surface area contributed by atoms with Crippen molar-refractivity contribution in [3.8, 4) is 0 Å². The Morgan fingerprint density at radius 3 is 2.00 bits per heavy atom. The van der Waals surface area contributed by atoms with Crippen molar-refractivity contribution in [1.82, 2.24) is 9.97 Å². The highest BCUT2D eigenvalue weighted by atomic mass is 16.4. The Bertz CT molecular complexity index is 650. The molecule has 0 aliphatic rings. The van der Waals surface area contributed by atoms with Crippen LogP contribution in [-0.2, 0) is 17.6 Å². The van der Waals surface area contributed by atoms with Crippen molar-refractivity contribution in [2.45, 2.75) is 40.5 Å². The second-order valence-electron chi connectivity index (χ2n) is 5.53. The highest BCUT2D eigenvalue weighted by Crippen LogP contribution is 2.15. The van der Waals surface area contributed by atoms with Gasteiger partial charge in [-0.05, 0) is 33.3 Å². The summed E-state index contributed by atoms with van der Waals surface area (Å²) < 4.78 is 0. The summed E-state index contributed by atoms with van der Waals surface area (Å²) in [5.74, 6) is -0.115. The largest absolute Gasteiger partial charge is 0.481 e. The van der Waals surface area contributed by atoms with Crippen molar-refractivity contribution >= 4 is 5.97 Å². The molecule has 2 aromatic rings. The lowest BCUT2D eigenvalue weighted by Gasteiger charge is -2.10. The normalized spacial score (nSPS) is 10.7. The molecule has 0 unspecified atom stereocenters. The van der Waals surface area contributed by atoms with Crippen LogP contribution in [-0.4, -0.2) is 21.0 Å². The van der Waals surface area contributed by atoms with Crippen LogP contribution >= 0.6 is 0 Å². The fourth-order valence-corrected chi connectivity index (χ4v) is 2.65. The van der Waals surface area contributed by atoms with E-state index in [9.17, 15) is 4.79 Å². The van der Waals surface area contributed by atoms with Gasteiger partial charge in [0.05, 0.1) is 6.42 Å². The van der Waals surface area contributed by atoms with E-state index in [0.29, 0.717) is 12.0 Å². The Labute approximate surface area is 124 Å². The summed E-state index contributed by atoms with van der Waals surface area (Å²) in [6.45, 7) is 7.84. The molecule has 0 aliphatic carbocycles. The van der Waals surface area contributed by atoms with E-state index in [2.05, 4.69) is 42.0 Å². The van der Waals surface area contributed by atoms with E-state index in [1.54, 1.807) is 0 Å². The maximum absolute atomic E-state index is 10.9. The zero-order valence-electron chi connectivity index (χ0n) is 12.9. The summed E-state index contributed by atoms with van der Waals surface area (Å²) >= 11 is 0. The van der Waals surface area contributed by atoms with Gasteiger partial charge in [-0.2, -0.15) is 0 Å². The number of hydrogen-bond donors (Lipinski definition) is 1. The van der Waals surface area contributed by atoms with Gasteiger partial charge in [-0.1, -0.05) is 29.3 Å². The number of hydrogen-bond acceptors (Lipinski definition) is 3. The van der Waals surface area contributed by atoms with Gasteiger partial charge in [-0.15, -0.1) is 0 Å². The van der Waals surface area contributed by atoms with Gasteiger partial charge in [-0.25, -0.2) is 9.97 Å². The molecule has 21 heavy (non-hydrogen) atoms. The highest BCUT2D eigenvalue weighted by Gasteiger charge is 2.12. The third kappa shape index (κ3) is 3.88. The maximum Gasteiger partial charge on any atom is 0.307 e. The number of benzene rings is 1. The molecule has 0 spiro atoms. The molecule has 0 radical (unpaired) electrons. The lowest BCUT2D eigenvalue weighted by molar-refractivity contribution is -0.136. The number of aromatic nitrogens is 2. The number of carboxylic acid groups (broad SMARTS) is 1. The Morgan fingerprint density at radius 2 is 1.52 bits per heavy atom. The van der Waals surface area contributed by atoms with Gasteiger partial charge < -0.3 is 5.11 Å². The predicted octanol–water partition coefficient (Wildman–Crippen LogP) is 2.93. The number of aliphatic carboxylic acids is 1. The zero-order chi connectivity index (χ0) is 15.6. The molecule has 4 heteroatoms. The molecule has 2 rings (SSSR count). The van der Waals surface area contributed by atoms with E-state index < -0.39 is 5.97 Å². The van der Waals surface area contributed by atoms with Gasteiger partial charge >= 0.3 is 5.97 Å². The summed E-state index contributed by atoms with van der Waals surface area (Å²) in [5.41, 5.74) is 5.85. The standard InChI is InChI=1S/C17H20N2O2/c1-10-5-11(2)7-14(6-10)8-16-18-12(3)15(9-17(20)21)13(4)19-16/h5-7H,8-9H2,1-4H3,(H,20,21). The molecule has 1 aromatic heterocycles. The van der Waals surface area contributed by atoms with Gasteiger partial charge in [0.1, 0.15) is 5.82 Å². The number of carbonyl (C=O) groups is 1. The monoisotopic (exact) mass is 284 g/mol. The van der Waals surface area contributed by atoms with Crippen molar-refractivity contribution in [2.24, 2.45) is 0 Å². The summed E-state index contributed by atoms with van der Waals surface area (Å²) in [5, 5.41) is 8.93. The van der Waals surface area contributed by atoms with Crippen molar-refractivity contribution in [3.05, 3.63) is 57.7 Å². The molecule has 0 saturated carbocycles. The van der Waals surface area contributed by atoms with Crippen molar-refractivity contribution < 1.29 is 9.90 Å². The molecule has 1 N–H and O–H groups in total. The zero-order valence-corrected chi connectivity index (χ0v) is 12.9. The minimum absolute atomic E-state index is 0.0263. The minimum Gasteiger partial charge on any atom is -0.481 e. The van der Waals surface area contributed by atoms with Gasteiger partial charge in [0.15, 0.2) is 0 Å². The number of rotatable bonds is 4. The molecule has 1 aromatic carbocycles. The summed E-state index contributed by atoms with van der Waals surface area (Å²) in [6.07, 6.45) is 0.638. The Balaban J connectivity index is 2.31. The molecule has 0 atom stereocenters. The lowest BCUT2D eigenvalue weighted by atomic mass is 10.0. The van der Waals surface area contributed by atoms with Gasteiger partial charge in [0.2, 0.25) is 0 Å². The van der Waals surface area contributed by atoms with E-state index in [1.165, 1.54) is 16.7 Å². The predicted molar refractivity (Wildman–Crippen MR) is 81.6 cm³/mol. The number of aryl methyl sites for hydroxylation is 4. The second-order valence-corrected chi connectivity index (χ2v) is 5.53. The molecular weight excluding hydrogens is 264 g/mol. The molecule has 0 aliphatic heterocycles. The van der Waals surface area contributed by atoms with Crippen LogP contribution in [0.5, 0.6) is 0 Å². The van der Waals surface area contributed by atoms with E-state index in [0.717, 1.165) is 17.2 Å². The van der Waals surface area contributed by atoms with Gasteiger partial charge in [0, 0.05) is 23.4 Å². The summed E-state index contributed by atoms with van der Waals surface area (Å²) in [6, 6.07) is 6.40. The van der Waals surface area contributed by atoms with Crippen molar-refractivity contribution in [2.75, 3.05) is 0 Å². The molecule has 110 valence electrons. The van der Waals surface area contributed by atoms with E-state index >= 15 is 0 Å². The van der Waals surface area contributed by atoms with E-state index in [4.69, 9.17) is 5.11 Å². The van der Waals surface area contributed by atoms with Crippen LogP contribution in [0.2, 0.25) is 0 Å². The fourth-order valence-electron chi connectivity index (χ4n) is 2.65. The molecule has 0 saturated heterocycles. The van der Waals surface area contributed by atoms with Gasteiger partial charge in [0.25, 0.3) is 0 Å².